The fourth-order valence-electron chi connectivity index (χ4n) is 4.09. The number of imidazole rings is 1. The normalized spacial score (nSPS) is 21.5. The van der Waals surface area contributed by atoms with E-state index in [9.17, 15) is 4.79 Å². The van der Waals surface area contributed by atoms with Crippen LogP contribution in [0.3, 0.4) is 0 Å². The van der Waals surface area contributed by atoms with E-state index in [0.29, 0.717) is 17.2 Å². The summed E-state index contributed by atoms with van der Waals surface area (Å²) in [6.07, 6.45) is 7.72. The predicted molar refractivity (Wildman–Crippen MR) is 96.4 cm³/mol. The van der Waals surface area contributed by atoms with Gasteiger partial charge >= 0.3 is 0 Å². The molecule has 0 aromatic carbocycles. The van der Waals surface area contributed by atoms with Crippen molar-refractivity contribution < 1.29 is 9.21 Å². The zero-order valence-corrected chi connectivity index (χ0v) is 15.8. The Bertz CT molecular complexity index is 729. The van der Waals surface area contributed by atoms with Gasteiger partial charge < -0.3 is 13.9 Å². The summed E-state index contributed by atoms with van der Waals surface area (Å²) in [6.45, 7) is 5.57. The predicted octanol–water partition coefficient (Wildman–Crippen LogP) is 2.79. The highest BCUT2D eigenvalue weighted by molar-refractivity contribution is 5.96. The van der Waals surface area contributed by atoms with Crippen molar-refractivity contribution in [2.45, 2.75) is 32.7 Å². The quantitative estimate of drug-likeness (QED) is 0.856. The molecule has 0 bridgehead atoms. The number of hydrogen-bond donors (Lipinski definition) is 0. The Hall–Kier alpha value is -2.08. The van der Waals surface area contributed by atoms with Gasteiger partial charge in [-0.15, -0.1) is 0 Å². The van der Waals surface area contributed by atoms with Crippen LogP contribution in [0.15, 0.2) is 23.2 Å². The van der Waals surface area contributed by atoms with E-state index in [2.05, 4.69) is 21.5 Å². The molecule has 0 unspecified atom stereocenters. The molecule has 2 atom stereocenters. The maximum atomic E-state index is 12.9. The third-order valence-electron chi connectivity index (χ3n) is 5.39. The number of amides is 1. The van der Waals surface area contributed by atoms with Crippen LogP contribution in [0.4, 0.5) is 0 Å². The maximum Gasteiger partial charge on any atom is 0.257 e. The van der Waals surface area contributed by atoms with Crippen LogP contribution in [0.5, 0.6) is 0 Å². The van der Waals surface area contributed by atoms with Gasteiger partial charge in [0.25, 0.3) is 5.91 Å². The fraction of sp³-hybridized carbons (Fsp3) is 0.579. The maximum absolute atomic E-state index is 12.9. The molecular formula is C19H28N4O2. The number of hydrogen-bond acceptors (Lipinski definition) is 4. The van der Waals surface area contributed by atoms with Crippen LogP contribution in [0.1, 0.15) is 46.3 Å². The van der Waals surface area contributed by atoms with Crippen LogP contribution >= 0.6 is 0 Å². The first kappa shape index (κ1) is 17.7. The molecule has 3 rings (SSSR count). The Balaban J connectivity index is 1.80. The van der Waals surface area contributed by atoms with Crippen molar-refractivity contribution in [3.8, 4) is 0 Å². The number of rotatable bonds is 4. The first-order valence-corrected chi connectivity index (χ1v) is 8.86. The Kier molecular flexibility index (Phi) is 4.99. The van der Waals surface area contributed by atoms with Crippen molar-refractivity contribution >= 4 is 5.91 Å². The standard InChI is InChI=1S/C19H28N4O2/c1-13-11-25-14(2)17(13)19(24)22(4)10-15-7-6-8-21(3)18(15)16-9-20-12-23(16)5/h9,11-12,15,18H,6-8,10H2,1-5H3/t15-,18+/m0/s1. The molecule has 1 aliphatic rings. The molecule has 2 aromatic heterocycles. The average molecular weight is 344 g/mol. The minimum atomic E-state index is 0.0423. The molecule has 0 saturated carbocycles. The summed E-state index contributed by atoms with van der Waals surface area (Å²) in [7, 11) is 6.09. The van der Waals surface area contributed by atoms with Crippen molar-refractivity contribution in [2.24, 2.45) is 13.0 Å². The second kappa shape index (κ2) is 7.04. The number of furan rings is 1. The molecule has 25 heavy (non-hydrogen) atoms. The van der Waals surface area contributed by atoms with E-state index >= 15 is 0 Å². The van der Waals surface area contributed by atoms with Gasteiger partial charge in [-0.2, -0.15) is 0 Å². The first-order valence-electron chi connectivity index (χ1n) is 8.86. The van der Waals surface area contributed by atoms with Gasteiger partial charge in [0.2, 0.25) is 0 Å². The van der Waals surface area contributed by atoms with Gasteiger partial charge in [0.15, 0.2) is 0 Å². The van der Waals surface area contributed by atoms with Gasteiger partial charge in [0.05, 0.1) is 29.9 Å². The van der Waals surface area contributed by atoms with E-state index in [1.807, 2.05) is 45.4 Å². The smallest absolute Gasteiger partial charge is 0.257 e. The van der Waals surface area contributed by atoms with Crippen molar-refractivity contribution in [1.29, 1.82) is 0 Å². The number of likely N-dealkylation sites (tertiary alicyclic amines) is 1. The average Bonchev–Trinajstić information content (AvgIpc) is 3.13. The SMILES string of the molecule is Cc1coc(C)c1C(=O)N(C)C[C@@H]1CCCN(C)[C@H]1c1cncn1C. The number of nitrogens with zero attached hydrogens (tertiary/aromatic N) is 4. The number of carbonyl (C=O) groups is 1. The van der Waals surface area contributed by atoms with Crippen LogP contribution < -0.4 is 0 Å². The summed E-state index contributed by atoms with van der Waals surface area (Å²) in [5, 5.41) is 0. The lowest BCUT2D eigenvalue weighted by molar-refractivity contribution is 0.0630. The third-order valence-corrected chi connectivity index (χ3v) is 5.39. The molecule has 1 fully saturated rings. The molecule has 0 spiro atoms. The molecule has 0 radical (unpaired) electrons. The van der Waals surface area contributed by atoms with Crippen LogP contribution in [-0.4, -0.2) is 52.4 Å². The third kappa shape index (κ3) is 3.35. The lowest BCUT2D eigenvalue weighted by Crippen LogP contribution is -2.43. The van der Waals surface area contributed by atoms with Gasteiger partial charge in [-0.25, -0.2) is 4.98 Å². The van der Waals surface area contributed by atoms with E-state index in [1.165, 1.54) is 5.69 Å². The van der Waals surface area contributed by atoms with Crippen molar-refractivity contribution in [3.63, 3.8) is 0 Å². The Labute approximate surface area is 149 Å². The van der Waals surface area contributed by atoms with Crippen molar-refractivity contribution in [2.75, 3.05) is 27.2 Å². The van der Waals surface area contributed by atoms with E-state index in [4.69, 9.17) is 4.42 Å². The number of piperidine rings is 1. The molecule has 1 saturated heterocycles. The Morgan fingerprint density at radius 3 is 2.76 bits per heavy atom. The molecule has 1 aliphatic heterocycles. The van der Waals surface area contributed by atoms with E-state index in [-0.39, 0.29) is 11.9 Å². The highest BCUT2D eigenvalue weighted by Crippen LogP contribution is 2.35. The lowest BCUT2D eigenvalue weighted by atomic mass is 9.87. The van der Waals surface area contributed by atoms with Crippen LogP contribution in [0.2, 0.25) is 0 Å². The molecule has 6 nitrogen and oxygen atoms in total. The topological polar surface area (TPSA) is 54.5 Å². The molecule has 6 heteroatoms. The van der Waals surface area contributed by atoms with E-state index in [0.717, 1.165) is 31.5 Å². The van der Waals surface area contributed by atoms with Crippen molar-refractivity contribution in [3.05, 3.63) is 41.4 Å². The molecule has 1 amide bonds. The highest BCUT2D eigenvalue weighted by Gasteiger charge is 2.34. The number of aromatic nitrogens is 2. The van der Waals surface area contributed by atoms with Crippen LogP contribution in [0, 0.1) is 19.8 Å². The minimum Gasteiger partial charge on any atom is -0.469 e. The molecular weight excluding hydrogens is 316 g/mol. The second-order valence-corrected chi connectivity index (χ2v) is 7.29. The van der Waals surface area contributed by atoms with E-state index < -0.39 is 0 Å². The minimum absolute atomic E-state index is 0.0423. The summed E-state index contributed by atoms with van der Waals surface area (Å²) in [4.78, 5) is 21.4. The largest absolute Gasteiger partial charge is 0.469 e. The number of carbonyl (C=O) groups excluding carboxylic acids is 1. The summed E-state index contributed by atoms with van der Waals surface area (Å²) in [5.74, 6) is 1.12. The monoisotopic (exact) mass is 344 g/mol. The Morgan fingerprint density at radius 2 is 2.16 bits per heavy atom. The first-order chi connectivity index (χ1) is 11.9. The summed E-state index contributed by atoms with van der Waals surface area (Å²) in [5.41, 5.74) is 2.81. The molecule has 136 valence electrons. The van der Waals surface area contributed by atoms with Gasteiger partial charge in [-0.3, -0.25) is 9.69 Å². The molecule has 3 heterocycles. The zero-order valence-electron chi connectivity index (χ0n) is 15.8. The van der Waals surface area contributed by atoms with Crippen LogP contribution in [-0.2, 0) is 7.05 Å². The van der Waals surface area contributed by atoms with Crippen LogP contribution in [0.25, 0.3) is 0 Å². The molecule has 0 aliphatic carbocycles. The van der Waals surface area contributed by atoms with Gasteiger partial charge in [0.1, 0.15) is 5.76 Å². The van der Waals surface area contributed by atoms with Gasteiger partial charge in [-0.1, -0.05) is 0 Å². The highest BCUT2D eigenvalue weighted by atomic mass is 16.3. The zero-order chi connectivity index (χ0) is 18.1. The fourth-order valence-corrected chi connectivity index (χ4v) is 4.09. The van der Waals surface area contributed by atoms with Gasteiger partial charge in [-0.05, 0) is 46.2 Å². The molecule has 0 N–H and O–H groups in total. The summed E-state index contributed by atoms with van der Waals surface area (Å²) in [6, 6.07) is 0.281. The summed E-state index contributed by atoms with van der Waals surface area (Å²) < 4.78 is 7.49. The second-order valence-electron chi connectivity index (χ2n) is 7.29. The van der Waals surface area contributed by atoms with E-state index in [1.54, 1.807) is 6.26 Å². The van der Waals surface area contributed by atoms with Gasteiger partial charge in [0, 0.05) is 32.4 Å². The Morgan fingerprint density at radius 1 is 1.40 bits per heavy atom. The lowest BCUT2D eigenvalue weighted by Gasteiger charge is -2.40. The number of aryl methyl sites for hydroxylation is 3. The molecule has 2 aromatic rings. The van der Waals surface area contributed by atoms with Crippen molar-refractivity contribution in [1.82, 2.24) is 19.4 Å². The summed E-state index contributed by atoms with van der Waals surface area (Å²) >= 11 is 0.